The van der Waals surface area contributed by atoms with Gasteiger partial charge in [-0.2, -0.15) is 0 Å². The molecule has 0 spiro atoms. The van der Waals surface area contributed by atoms with E-state index in [0.717, 1.165) is 32.4 Å². The van der Waals surface area contributed by atoms with Gasteiger partial charge >= 0.3 is 6.03 Å². The molecule has 2 rings (SSSR count). The van der Waals surface area contributed by atoms with Crippen LogP contribution in [0.4, 0.5) is 4.79 Å². The number of hydrogen-bond donors (Lipinski definition) is 2. The zero-order valence-electron chi connectivity index (χ0n) is 14.5. The highest BCUT2D eigenvalue weighted by Gasteiger charge is 2.23. The fourth-order valence-corrected chi connectivity index (χ4v) is 3.48. The third-order valence-corrected chi connectivity index (χ3v) is 5.03. The van der Waals surface area contributed by atoms with Gasteiger partial charge in [0.05, 0.1) is 12.7 Å². The Kier molecular flexibility index (Phi) is 7.15. The Balaban J connectivity index is 1.54. The van der Waals surface area contributed by atoms with Crippen LogP contribution in [0.25, 0.3) is 0 Å². The van der Waals surface area contributed by atoms with Crippen molar-refractivity contribution in [2.24, 2.45) is 5.92 Å². The van der Waals surface area contributed by atoms with E-state index >= 15 is 0 Å². The predicted octanol–water partition coefficient (Wildman–Crippen LogP) is 1.89. The van der Waals surface area contributed by atoms with E-state index in [2.05, 4.69) is 17.6 Å². The predicted molar refractivity (Wildman–Crippen MR) is 89.2 cm³/mol. The summed E-state index contributed by atoms with van der Waals surface area (Å²) in [4.78, 5) is 25.0. The van der Waals surface area contributed by atoms with Crippen molar-refractivity contribution in [3.05, 3.63) is 0 Å². The van der Waals surface area contributed by atoms with E-state index in [1.807, 2.05) is 4.90 Å². The van der Waals surface area contributed by atoms with E-state index in [-0.39, 0.29) is 18.0 Å². The quantitative estimate of drug-likeness (QED) is 0.758. The zero-order chi connectivity index (χ0) is 16.7. The first kappa shape index (κ1) is 18.0. The summed E-state index contributed by atoms with van der Waals surface area (Å²) >= 11 is 0. The highest BCUT2D eigenvalue weighted by Crippen LogP contribution is 2.25. The maximum atomic E-state index is 11.9. The number of nitrogens with one attached hydrogen (secondary N) is 2. The van der Waals surface area contributed by atoms with E-state index in [4.69, 9.17) is 4.74 Å². The Bertz CT molecular complexity index is 395. The topological polar surface area (TPSA) is 70.7 Å². The molecule has 3 amide bonds. The minimum Gasteiger partial charge on any atom is -0.376 e. The van der Waals surface area contributed by atoms with Gasteiger partial charge in [-0.3, -0.25) is 4.79 Å². The Morgan fingerprint density at radius 1 is 1.13 bits per heavy atom. The first-order valence-corrected chi connectivity index (χ1v) is 8.97. The number of carbonyl (C=O) groups excluding carboxylic acids is 2. The molecule has 2 N–H and O–H groups in total. The molecule has 6 nitrogen and oxygen atoms in total. The van der Waals surface area contributed by atoms with Crippen molar-refractivity contribution in [2.45, 2.75) is 64.5 Å². The highest BCUT2D eigenvalue weighted by molar-refractivity contribution is 5.74. The van der Waals surface area contributed by atoms with Gasteiger partial charge in [0.2, 0.25) is 5.91 Å². The van der Waals surface area contributed by atoms with Crippen molar-refractivity contribution < 1.29 is 14.3 Å². The molecule has 1 aliphatic carbocycles. The van der Waals surface area contributed by atoms with Crippen LogP contribution in [0.2, 0.25) is 0 Å². The van der Waals surface area contributed by atoms with Crippen LogP contribution in [0.3, 0.4) is 0 Å². The van der Waals surface area contributed by atoms with Crippen LogP contribution >= 0.6 is 0 Å². The number of likely N-dealkylation sites (tertiary alicyclic amines) is 1. The van der Waals surface area contributed by atoms with Gasteiger partial charge in [0.25, 0.3) is 0 Å². The minimum absolute atomic E-state index is 0.113. The summed E-state index contributed by atoms with van der Waals surface area (Å²) in [5.41, 5.74) is 0. The van der Waals surface area contributed by atoms with Gasteiger partial charge in [0.15, 0.2) is 0 Å². The van der Waals surface area contributed by atoms with Gasteiger partial charge in [-0.1, -0.05) is 19.8 Å². The van der Waals surface area contributed by atoms with E-state index in [9.17, 15) is 9.59 Å². The summed E-state index contributed by atoms with van der Waals surface area (Å²) in [6, 6.07) is 0.0245. The molecule has 6 heteroatoms. The van der Waals surface area contributed by atoms with Crippen LogP contribution in [-0.4, -0.2) is 55.2 Å². The van der Waals surface area contributed by atoms with Crippen molar-refractivity contribution in [3.8, 4) is 0 Å². The van der Waals surface area contributed by atoms with Crippen molar-refractivity contribution >= 4 is 11.9 Å². The molecule has 0 aromatic heterocycles. The van der Waals surface area contributed by atoms with Crippen molar-refractivity contribution in [1.82, 2.24) is 15.5 Å². The number of urea groups is 1. The fraction of sp³-hybridized carbons (Fsp3) is 0.882. The SMILES string of the molecule is CC(=O)N1CCC(NC(=O)NCCO[C@H]2CCCC[C@@H]2C)CC1. The standard InChI is InChI=1S/C17H31N3O3/c1-13-5-3-4-6-16(13)23-12-9-18-17(22)19-15-7-10-20(11-8-15)14(2)21/h13,15-16H,3-12H2,1-2H3,(H2,18,19,22)/t13-,16-/m0/s1. The average Bonchev–Trinajstić information content (AvgIpc) is 2.53. The molecule has 2 fully saturated rings. The monoisotopic (exact) mass is 325 g/mol. The lowest BCUT2D eigenvalue weighted by Crippen LogP contribution is -2.49. The Morgan fingerprint density at radius 3 is 2.48 bits per heavy atom. The molecule has 1 heterocycles. The van der Waals surface area contributed by atoms with Crippen LogP contribution in [0.1, 0.15) is 52.4 Å². The first-order chi connectivity index (χ1) is 11.1. The van der Waals surface area contributed by atoms with Crippen molar-refractivity contribution in [1.29, 1.82) is 0 Å². The van der Waals surface area contributed by atoms with Gasteiger partial charge in [0, 0.05) is 32.6 Å². The van der Waals surface area contributed by atoms with E-state index in [1.165, 1.54) is 19.3 Å². The van der Waals surface area contributed by atoms with Crippen LogP contribution in [0, 0.1) is 5.92 Å². The van der Waals surface area contributed by atoms with E-state index in [0.29, 0.717) is 25.2 Å². The van der Waals surface area contributed by atoms with Crippen LogP contribution in [-0.2, 0) is 9.53 Å². The molecular weight excluding hydrogens is 294 g/mol. The van der Waals surface area contributed by atoms with Crippen LogP contribution in [0.15, 0.2) is 0 Å². The third kappa shape index (κ3) is 6.01. The summed E-state index contributed by atoms with van der Waals surface area (Å²) in [6.45, 7) is 6.41. The summed E-state index contributed by atoms with van der Waals surface area (Å²) in [5.74, 6) is 0.742. The molecule has 2 atom stereocenters. The Hall–Kier alpha value is -1.30. The summed E-state index contributed by atoms with van der Waals surface area (Å²) < 4.78 is 5.89. The second-order valence-electron chi connectivity index (χ2n) is 6.85. The molecule has 2 aliphatic rings. The highest BCUT2D eigenvalue weighted by atomic mass is 16.5. The molecule has 23 heavy (non-hydrogen) atoms. The first-order valence-electron chi connectivity index (χ1n) is 8.97. The molecule has 1 aliphatic heterocycles. The molecule has 0 unspecified atom stereocenters. The van der Waals surface area contributed by atoms with Gasteiger partial charge in [0.1, 0.15) is 0 Å². The number of carbonyl (C=O) groups is 2. The third-order valence-electron chi connectivity index (χ3n) is 5.03. The Labute approximate surface area is 139 Å². The maximum absolute atomic E-state index is 11.9. The van der Waals surface area contributed by atoms with Gasteiger partial charge in [-0.15, -0.1) is 0 Å². The van der Waals surface area contributed by atoms with E-state index in [1.54, 1.807) is 6.92 Å². The molecule has 1 saturated carbocycles. The number of ether oxygens (including phenoxy) is 1. The van der Waals surface area contributed by atoms with Crippen molar-refractivity contribution in [2.75, 3.05) is 26.2 Å². The van der Waals surface area contributed by atoms with Gasteiger partial charge in [-0.05, 0) is 31.6 Å². The van der Waals surface area contributed by atoms with E-state index < -0.39 is 0 Å². The molecule has 0 aromatic rings. The summed E-state index contributed by atoms with van der Waals surface area (Å²) in [7, 11) is 0. The lowest BCUT2D eigenvalue weighted by Gasteiger charge is -2.31. The lowest BCUT2D eigenvalue weighted by atomic mass is 9.88. The van der Waals surface area contributed by atoms with Crippen LogP contribution < -0.4 is 10.6 Å². The fourth-order valence-electron chi connectivity index (χ4n) is 3.48. The number of piperidine rings is 1. The second-order valence-corrected chi connectivity index (χ2v) is 6.85. The number of nitrogens with zero attached hydrogens (tertiary/aromatic N) is 1. The maximum Gasteiger partial charge on any atom is 0.315 e. The van der Waals surface area contributed by atoms with Crippen molar-refractivity contribution in [3.63, 3.8) is 0 Å². The number of amides is 3. The lowest BCUT2D eigenvalue weighted by molar-refractivity contribution is -0.129. The minimum atomic E-state index is -0.133. The second kappa shape index (κ2) is 9.11. The zero-order valence-corrected chi connectivity index (χ0v) is 14.5. The normalized spacial score (nSPS) is 25.9. The number of hydrogen-bond acceptors (Lipinski definition) is 3. The molecular formula is C17H31N3O3. The van der Waals surface area contributed by atoms with Gasteiger partial charge < -0.3 is 20.3 Å². The Morgan fingerprint density at radius 2 is 1.83 bits per heavy atom. The number of rotatable bonds is 5. The van der Waals surface area contributed by atoms with Crippen LogP contribution in [0.5, 0.6) is 0 Å². The molecule has 1 saturated heterocycles. The smallest absolute Gasteiger partial charge is 0.315 e. The largest absolute Gasteiger partial charge is 0.376 e. The average molecular weight is 325 g/mol. The molecule has 0 bridgehead atoms. The van der Waals surface area contributed by atoms with Gasteiger partial charge in [-0.25, -0.2) is 4.79 Å². The summed E-state index contributed by atoms with van der Waals surface area (Å²) in [5, 5.41) is 5.84. The molecule has 0 aromatic carbocycles. The summed E-state index contributed by atoms with van der Waals surface area (Å²) in [6.07, 6.45) is 6.95. The molecule has 132 valence electrons. The molecule has 0 radical (unpaired) electrons.